The number of hydrogen-bond acceptors (Lipinski definition) is 2. The van der Waals surface area contributed by atoms with Crippen LogP contribution < -0.4 is 5.73 Å². The van der Waals surface area contributed by atoms with Crippen molar-refractivity contribution in [3.05, 3.63) is 11.6 Å². The molecule has 1 atom stereocenters. The van der Waals surface area contributed by atoms with Crippen molar-refractivity contribution in [2.75, 3.05) is 19.6 Å². The summed E-state index contributed by atoms with van der Waals surface area (Å²) in [5, 5.41) is 0. The third-order valence-corrected chi connectivity index (χ3v) is 4.24. The molecule has 1 rings (SSSR count). The molecule has 1 aliphatic rings. The highest BCUT2D eigenvalue weighted by Gasteiger charge is 2.25. The molecule has 0 aromatic heterocycles. The summed E-state index contributed by atoms with van der Waals surface area (Å²) in [5.74, 6) is 0.832. The van der Waals surface area contributed by atoms with Crippen molar-refractivity contribution >= 4 is 5.91 Å². The maximum atomic E-state index is 12.2. The monoisotopic (exact) mass is 266 g/mol. The van der Waals surface area contributed by atoms with Crippen LogP contribution in [0.3, 0.4) is 0 Å². The molecule has 110 valence electrons. The van der Waals surface area contributed by atoms with E-state index in [0.29, 0.717) is 24.8 Å². The molecule has 0 saturated carbocycles. The third kappa shape index (κ3) is 5.35. The molecule has 19 heavy (non-hydrogen) atoms. The SMILES string of the molecule is CC1=CCN(C(=O)CCC(CCN)C(C)(C)C)CC1. The van der Waals surface area contributed by atoms with E-state index in [1.807, 2.05) is 4.90 Å². The van der Waals surface area contributed by atoms with Crippen molar-refractivity contribution < 1.29 is 4.79 Å². The summed E-state index contributed by atoms with van der Waals surface area (Å²) in [7, 11) is 0. The van der Waals surface area contributed by atoms with Gasteiger partial charge in [0.15, 0.2) is 0 Å². The first-order chi connectivity index (χ1) is 8.84. The van der Waals surface area contributed by atoms with Gasteiger partial charge in [-0.25, -0.2) is 0 Å². The Labute approximate surface area is 118 Å². The smallest absolute Gasteiger partial charge is 0.222 e. The van der Waals surface area contributed by atoms with Crippen LogP contribution in [0.15, 0.2) is 11.6 Å². The predicted octanol–water partition coefficient (Wildman–Crippen LogP) is 2.96. The van der Waals surface area contributed by atoms with E-state index < -0.39 is 0 Å². The number of carbonyl (C=O) groups excluding carboxylic acids is 1. The normalized spacial score (nSPS) is 18.2. The second-order valence-electron chi connectivity index (χ2n) is 6.82. The van der Waals surface area contributed by atoms with Gasteiger partial charge in [-0.05, 0) is 44.1 Å². The van der Waals surface area contributed by atoms with Gasteiger partial charge in [0.25, 0.3) is 0 Å². The van der Waals surface area contributed by atoms with Gasteiger partial charge in [-0.1, -0.05) is 32.4 Å². The van der Waals surface area contributed by atoms with Gasteiger partial charge in [-0.3, -0.25) is 4.79 Å². The standard InChI is InChI=1S/C16H30N2O/c1-13-8-11-18(12-9-13)15(19)6-5-14(7-10-17)16(2,3)4/h8,14H,5-7,9-12,17H2,1-4H3. The zero-order valence-electron chi connectivity index (χ0n) is 13.0. The molecule has 1 aliphatic heterocycles. The highest BCUT2D eigenvalue weighted by Crippen LogP contribution is 2.32. The molecule has 0 fully saturated rings. The number of carbonyl (C=O) groups is 1. The molecule has 2 N–H and O–H groups in total. The molecule has 1 heterocycles. The number of amides is 1. The largest absolute Gasteiger partial charge is 0.339 e. The Morgan fingerprint density at radius 2 is 2.11 bits per heavy atom. The Hall–Kier alpha value is -0.830. The summed E-state index contributed by atoms with van der Waals surface area (Å²) in [6.45, 7) is 11.3. The quantitative estimate of drug-likeness (QED) is 0.778. The predicted molar refractivity (Wildman–Crippen MR) is 80.8 cm³/mol. The molecule has 0 bridgehead atoms. The minimum atomic E-state index is 0.234. The van der Waals surface area contributed by atoms with Crippen LogP contribution in [-0.4, -0.2) is 30.4 Å². The highest BCUT2D eigenvalue weighted by atomic mass is 16.2. The maximum Gasteiger partial charge on any atom is 0.222 e. The number of rotatable bonds is 5. The molecule has 0 aromatic rings. The lowest BCUT2D eigenvalue weighted by Gasteiger charge is -2.32. The summed E-state index contributed by atoms with van der Waals surface area (Å²) in [6, 6.07) is 0. The summed E-state index contributed by atoms with van der Waals surface area (Å²) >= 11 is 0. The van der Waals surface area contributed by atoms with Crippen LogP contribution in [0.25, 0.3) is 0 Å². The van der Waals surface area contributed by atoms with Crippen LogP contribution in [0.4, 0.5) is 0 Å². The van der Waals surface area contributed by atoms with Gasteiger partial charge in [0.1, 0.15) is 0 Å². The molecule has 3 nitrogen and oxygen atoms in total. The number of nitrogens with two attached hydrogens (primary N) is 1. The Kier molecular flexibility index (Phi) is 6.05. The van der Waals surface area contributed by atoms with Crippen molar-refractivity contribution in [3.63, 3.8) is 0 Å². The molecule has 0 saturated heterocycles. The number of nitrogens with zero attached hydrogens (tertiary/aromatic N) is 1. The van der Waals surface area contributed by atoms with E-state index >= 15 is 0 Å². The van der Waals surface area contributed by atoms with Gasteiger partial charge in [-0.15, -0.1) is 0 Å². The van der Waals surface area contributed by atoms with E-state index in [-0.39, 0.29) is 5.41 Å². The summed E-state index contributed by atoms with van der Waals surface area (Å²) in [4.78, 5) is 14.2. The van der Waals surface area contributed by atoms with Crippen LogP contribution in [0.1, 0.15) is 53.4 Å². The minimum absolute atomic E-state index is 0.234. The molecule has 0 aromatic carbocycles. The first-order valence-electron chi connectivity index (χ1n) is 7.48. The zero-order chi connectivity index (χ0) is 14.5. The van der Waals surface area contributed by atoms with Gasteiger partial charge in [0.2, 0.25) is 5.91 Å². The van der Waals surface area contributed by atoms with Crippen molar-refractivity contribution in [2.24, 2.45) is 17.1 Å². The summed E-state index contributed by atoms with van der Waals surface area (Å²) in [5.41, 5.74) is 7.32. The fraction of sp³-hybridized carbons (Fsp3) is 0.812. The molecule has 1 amide bonds. The molecule has 3 heteroatoms. The molecule has 0 radical (unpaired) electrons. The van der Waals surface area contributed by atoms with E-state index in [4.69, 9.17) is 5.73 Å². The fourth-order valence-corrected chi connectivity index (χ4v) is 2.66. The van der Waals surface area contributed by atoms with Crippen molar-refractivity contribution in [3.8, 4) is 0 Å². The van der Waals surface area contributed by atoms with Gasteiger partial charge in [0, 0.05) is 19.5 Å². The van der Waals surface area contributed by atoms with E-state index in [2.05, 4.69) is 33.8 Å². The topological polar surface area (TPSA) is 46.3 Å². The van der Waals surface area contributed by atoms with Crippen molar-refractivity contribution in [1.29, 1.82) is 0 Å². The van der Waals surface area contributed by atoms with Crippen LogP contribution in [0, 0.1) is 11.3 Å². The highest BCUT2D eigenvalue weighted by molar-refractivity contribution is 5.76. The lowest BCUT2D eigenvalue weighted by molar-refractivity contribution is -0.131. The average Bonchev–Trinajstić information content (AvgIpc) is 2.33. The van der Waals surface area contributed by atoms with E-state index in [0.717, 1.165) is 32.4 Å². The maximum absolute atomic E-state index is 12.2. The molecule has 1 unspecified atom stereocenters. The fourth-order valence-electron chi connectivity index (χ4n) is 2.66. The average molecular weight is 266 g/mol. The molecular weight excluding hydrogens is 236 g/mol. The Morgan fingerprint density at radius 1 is 1.42 bits per heavy atom. The van der Waals surface area contributed by atoms with Gasteiger partial charge in [-0.2, -0.15) is 0 Å². The second-order valence-corrected chi connectivity index (χ2v) is 6.82. The second kappa shape index (κ2) is 7.09. The van der Waals surface area contributed by atoms with Crippen LogP contribution >= 0.6 is 0 Å². The van der Waals surface area contributed by atoms with E-state index in [9.17, 15) is 4.79 Å². The van der Waals surface area contributed by atoms with Gasteiger partial charge >= 0.3 is 0 Å². The van der Waals surface area contributed by atoms with Gasteiger partial charge in [0.05, 0.1) is 0 Å². The third-order valence-electron chi connectivity index (χ3n) is 4.24. The summed E-state index contributed by atoms with van der Waals surface area (Å²) < 4.78 is 0. The summed E-state index contributed by atoms with van der Waals surface area (Å²) in [6.07, 6.45) is 5.82. The lowest BCUT2D eigenvalue weighted by Crippen LogP contribution is -2.35. The Balaban J connectivity index is 2.44. The van der Waals surface area contributed by atoms with Gasteiger partial charge < -0.3 is 10.6 Å². The zero-order valence-corrected chi connectivity index (χ0v) is 13.0. The Bertz CT molecular complexity index is 328. The molecule has 0 aliphatic carbocycles. The van der Waals surface area contributed by atoms with E-state index in [1.54, 1.807) is 0 Å². The lowest BCUT2D eigenvalue weighted by atomic mass is 9.76. The van der Waals surface area contributed by atoms with E-state index in [1.165, 1.54) is 5.57 Å². The van der Waals surface area contributed by atoms with Crippen molar-refractivity contribution in [1.82, 2.24) is 4.90 Å². The van der Waals surface area contributed by atoms with Crippen LogP contribution in [0.2, 0.25) is 0 Å². The van der Waals surface area contributed by atoms with Crippen LogP contribution in [0.5, 0.6) is 0 Å². The molecule has 0 spiro atoms. The number of hydrogen-bond donors (Lipinski definition) is 1. The first kappa shape index (κ1) is 16.2. The Morgan fingerprint density at radius 3 is 2.58 bits per heavy atom. The van der Waals surface area contributed by atoms with Crippen molar-refractivity contribution in [2.45, 2.75) is 53.4 Å². The molecular formula is C16H30N2O. The van der Waals surface area contributed by atoms with Crippen LogP contribution in [-0.2, 0) is 4.79 Å². The first-order valence-corrected chi connectivity index (χ1v) is 7.48. The minimum Gasteiger partial charge on any atom is -0.339 e.